The Morgan fingerprint density at radius 2 is 1.35 bits per heavy atom. The molecule has 8 unspecified atom stereocenters. The lowest BCUT2D eigenvalue weighted by Crippen LogP contribution is -2.36. The van der Waals surface area contributed by atoms with E-state index in [-0.39, 0.29) is 41.9 Å². The van der Waals surface area contributed by atoms with Crippen LogP contribution >= 0.6 is 0 Å². The van der Waals surface area contributed by atoms with Crippen LogP contribution in [0.5, 0.6) is 0 Å². The Kier molecular flexibility index (Phi) is 7.62. The minimum Gasteiger partial charge on any atom is -0.302 e. The molecule has 2 saturated heterocycles. The molecule has 4 fully saturated rings. The maximum atomic E-state index is 13.0. The van der Waals surface area contributed by atoms with Gasteiger partial charge in [0, 0.05) is 19.6 Å². The maximum absolute atomic E-state index is 13.0. The second kappa shape index (κ2) is 10.2. The van der Waals surface area contributed by atoms with Crippen LogP contribution < -0.4 is 0 Å². The van der Waals surface area contributed by atoms with Crippen LogP contribution in [0.25, 0.3) is 0 Å². The number of carbonyl (C=O) groups is 2. The molecule has 0 aromatic rings. The van der Waals surface area contributed by atoms with E-state index in [9.17, 15) is 9.59 Å². The van der Waals surface area contributed by atoms with Crippen molar-refractivity contribution in [2.45, 2.75) is 52.9 Å². The highest BCUT2D eigenvalue weighted by Crippen LogP contribution is 2.51. The molecule has 2 aliphatic heterocycles. The SMILES string of the molecule is [B]CN1C(=O)C2C(C=C)CC(/C=C\C3CC(C=C)C4CN(CC(CC)(CC)CC)CC34)C2C1=O. The molecule has 4 rings (SSSR count). The van der Waals surface area contributed by atoms with Crippen molar-refractivity contribution in [3.63, 3.8) is 0 Å². The summed E-state index contributed by atoms with van der Waals surface area (Å²) in [5.74, 6) is 1.78. The minimum absolute atomic E-state index is 0.0248. The normalized spacial score (nSPS) is 38.1. The van der Waals surface area contributed by atoms with Gasteiger partial charge in [0.15, 0.2) is 0 Å². The number of carbonyl (C=O) groups excluding carboxylic acids is 2. The van der Waals surface area contributed by atoms with E-state index in [1.807, 2.05) is 6.08 Å². The third-order valence-electron chi connectivity index (χ3n) is 10.3. The van der Waals surface area contributed by atoms with E-state index in [4.69, 9.17) is 7.85 Å². The van der Waals surface area contributed by atoms with Crippen molar-refractivity contribution in [1.29, 1.82) is 0 Å². The van der Waals surface area contributed by atoms with Crippen LogP contribution in [0.4, 0.5) is 0 Å². The zero-order valence-corrected chi connectivity index (χ0v) is 21.5. The van der Waals surface area contributed by atoms with Crippen LogP contribution in [-0.2, 0) is 9.59 Å². The second-order valence-electron chi connectivity index (χ2n) is 11.4. The van der Waals surface area contributed by atoms with Gasteiger partial charge in [-0.2, -0.15) is 0 Å². The van der Waals surface area contributed by atoms with Crippen LogP contribution in [0.3, 0.4) is 0 Å². The molecule has 0 aromatic carbocycles. The van der Waals surface area contributed by atoms with E-state index in [0.717, 1.165) is 19.4 Å². The van der Waals surface area contributed by atoms with Crippen LogP contribution in [-0.4, -0.2) is 55.5 Å². The maximum Gasteiger partial charge on any atom is 0.232 e. The molecule has 4 aliphatic rings. The molecule has 4 nitrogen and oxygen atoms in total. The Morgan fingerprint density at radius 3 is 1.88 bits per heavy atom. The van der Waals surface area contributed by atoms with Gasteiger partial charge in [0.2, 0.25) is 11.8 Å². The van der Waals surface area contributed by atoms with Crippen LogP contribution in [0.1, 0.15) is 52.9 Å². The van der Waals surface area contributed by atoms with Crippen molar-refractivity contribution in [2.75, 3.05) is 26.1 Å². The summed E-state index contributed by atoms with van der Waals surface area (Å²) < 4.78 is 0. The second-order valence-corrected chi connectivity index (χ2v) is 11.4. The van der Waals surface area contributed by atoms with Gasteiger partial charge in [-0.3, -0.25) is 14.5 Å². The molecule has 184 valence electrons. The molecule has 5 heteroatoms. The fourth-order valence-corrected chi connectivity index (χ4v) is 7.88. The van der Waals surface area contributed by atoms with Gasteiger partial charge in [-0.05, 0) is 79.5 Å². The van der Waals surface area contributed by atoms with Crippen LogP contribution in [0, 0.1) is 52.8 Å². The number of amides is 2. The molecule has 2 amide bonds. The summed E-state index contributed by atoms with van der Waals surface area (Å²) in [5, 5.41) is 0. The van der Waals surface area contributed by atoms with E-state index >= 15 is 0 Å². The van der Waals surface area contributed by atoms with E-state index in [2.05, 4.69) is 57.1 Å². The fourth-order valence-electron chi connectivity index (χ4n) is 7.88. The van der Waals surface area contributed by atoms with Gasteiger partial charge in [0.25, 0.3) is 0 Å². The largest absolute Gasteiger partial charge is 0.302 e. The van der Waals surface area contributed by atoms with Gasteiger partial charge in [-0.25, -0.2) is 0 Å². The number of fused-ring (bicyclic) bond motifs is 2. The number of likely N-dealkylation sites (tertiary alicyclic amines) is 2. The van der Waals surface area contributed by atoms with Gasteiger partial charge < -0.3 is 4.90 Å². The molecular formula is C29H43BN2O2. The van der Waals surface area contributed by atoms with Crippen LogP contribution in [0.15, 0.2) is 37.5 Å². The first-order valence-corrected chi connectivity index (χ1v) is 13.6. The Labute approximate surface area is 208 Å². The topological polar surface area (TPSA) is 40.6 Å². The quantitative estimate of drug-likeness (QED) is 0.269. The summed E-state index contributed by atoms with van der Waals surface area (Å²) in [6.45, 7) is 18.7. The van der Waals surface area contributed by atoms with Crippen molar-refractivity contribution in [2.24, 2.45) is 52.8 Å². The van der Waals surface area contributed by atoms with Crippen molar-refractivity contribution in [3.05, 3.63) is 37.5 Å². The number of allylic oxidation sites excluding steroid dienone is 4. The average molecular weight is 462 g/mol. The van der Waals surface area contributed by atoms with E-state index in [1.54, 1.807) is 0 Å². The fraction of sp³-hybridized carbons (Fsp3) is 0.724. The summed E-state index contributed by atoms with van der Waals surface area (Å²) in [4.78, 5) is 29.7. The summed E-state index contributed by atoms with van der Waals surface area (Å²) in [5.41, 5.74) is 0.427. The summed E-state index contributed by atoms with van der Waals surface area (Å²) in [6, 6.07) is 0. The highest BCUT2D eigenvalue weighted by Gasteiger charge is 2.56. The first-order valence-electron chi connectivity index (χ1n) is 13.6. The first kappa shape index (κ1) is 25.5. The molecular weight excluding hydrogens is 419 g/mol. The average Bonchev–Trinajstić information content (AvgIpc) is 3.57. The molecule has 34 heavy (non-hydrogen) atoms. The van der Waals surface area contributed by atoms with Gasteiger partial charge in [0.05, 0.1) is 19.7 Å². The zero-order valence-electron chi connectivity index (χ0n) is 21.5. The minimum atomic E-state index is -0.285. The predicted octanol–water partition coefficient (Wildman–Crippen LogP) is 4.68. The summed E-state index contributed by atoms with van der Waals surface area (Å²) in [6.07, 6.45) is 14.4. The molecule has 2 saturated carbocycles. The van der Waals surface area contributed by atoms with E-state index in [0.29, 0.717) is 29.1 Å². The monoisotopic (exact) mass is 462 g/mol. The number of imide groups is 1. The van der Waals surface area contributed by atoms with Crippen LogP contribution in [0.2, 0.25) is 0 Å². The first-order chi connectivity index (χ1) is 16.4. The third-order valence-corrected chi connectivity index (χ3v) is 10.3. The Morgan fingerprint density at radius 1 is 0.853 bits per heavy atom. The molecule has 2 heterocycles. The molecule has 0 aromatic heterocycles. The molecule has 2 radical (unpaired) electrons. The highest BCUT2D eigenvalue weighted by atomic mass is 16.2. The third kappa shape index (κ3) is 4.16. The van der Waals surface area contributed by atoms with E-state index < -0.39 is 0 Å². The predicted molar refractivity (Wildman–Crippen MR) is 139 cm³/mol. The van der Waals surface area contributed by atoms with Gasteiger partial charge in [0.1, 0.15) is 0 Å². The lowest BCUT2D eigenvalue weighted by Gasteiger charge is -2.35. The zero-order chi connectivity index (χ0) is 24.6. The lowest BCUT2D eigenvalue weighted by molar-refractivity contribution is -0.139. The molecule has 2 aliphatic carbocycles. The number of rotatable bonds is 10. The standard InChI is InChI=1S/C29H43BN2O2/c1-6-19-13-21(24-16-31(15-23(19)24)17-29(8-3,9-4)10-5)11-12-22-14-20(7-2)25-26(22)28(34)32(18-30)27(25)33/h6-7,11-12,19-26H,1-2,8-10,13-18H2,3-5H3/b12-11-. The van der Waals surface area contributed by atoms with E-state index in [1.165, 1.54) is 37.3 Å². The van der Waals surface area contributed by atoms with Gasteiger partial charge in [-0.15, -0.1) is 13.2 Å². The Balaban J connectivity index is 1.49. The Hall–Kier alpha value is -1.62. The Bertz CT molecular complexity index is 826. The van der Waals surface area contributed by atoms with Gasteiger partial charge >= 0.3 is 0 Å². The molecule has 8 atom stereocenters. The summed E-state index contributed by atoms with van der Waals surface area (Å²) in [7, 11) is 5.73. The molecule has 0 bridgehead atoms. The summed E-state index contributed by atoms with van der Waals surface area (Å²) >= 11 is 0. The van der Waals surface area contributed by atoms with Crippen molar-refractivity contribution in [1.82, 2.24) is 9.80 Å². The molecule has 0 spiro atoms. The number of hydrogen-bond acceptors (Lipinski definition) is 3. The number of nitrogens with zero attached hydrogens (tertiary/aromatic N) is 2. The van der Waals surface area contributed by atoms with Crippen molar-refractivity contribution >= 4 is 19.7 Å². The lowest BCUT2D eigenvalue weighted by atomic mass is 9.79. The highest BCUT2D eigenvalue weighted by molar-refractivity contribution is 6.15. The smallest absolute Gasteiger partial charge is 0.232 e. The van der Waals surface area contributed by atoms with Crippen molar-refractivity contribution in [3.8, 4) is 0 Å². The number of hydrogen-bond donors (Lipinski definition) is 0. The van der Waals surface area contributed by atoms with Crippen molar-refractivity contribution < 1.29 is 9.59 Å². The molecule has 0 N–H and O–H groups in total. The van der Waals surface area contributed by atoms with Gasteiger partial charge in [-0.1, -0.05) is 45.1 Å².